The number of piperazine rings is 1. The Morgan fingerprint density at radius 3 is 2.27 bits per heavy atom. The Balaban J connectivity index is 1.47. The van der Waals surface area contributed by atoms with Crippen LogP contribution in [0.3, 0.4) is 0 Å². The third-order valence-corrected chi connectivity index (χ3v) is 4.77. The van der Waals surface area contributed by atoms with Crippen molar-refractivity contribution in [1.29, 1.82) is 0 Å². The highest BCUT2D eigenvalue weighted by Crippen LogP contribution is 2.18. The van der Waals surface area contributed by atoms with Gasteiger partial charge in [-0.3, -0.25) is 19.8 Å². The Kier molecular flexibility index (Phi) is 5.51. The molecule has 140 valence electrons. The second kappa shape index (κ2) is 7.82. The molecular weight excluding hydrogens is 339 g/mol. The zero-order valence-electron chi connectivity index (χ0n) is 14.7. The second-order valence-corrected chi connectivity index (χ2v) is 6.75. The van der Waals surface area contributed by atoms with Gasteiger partial charge >= 0.3 is 6.03 Å². The first-order valence-electron chi connectivity index (χ1n) is 8.84. The van der Waals surface area contributed by atoms with E-state index in [0.29, 0.717) is 31.7 Å². The predicted molar refractivity (Wildman–Crippen MR) is 93.0 cm³/mol. The maximum atomic E-state index is 13.0. The van der Waals surface area contributed by atoms with Crippen LogP contribution in [0.4, 0.5) is 9.18 Å². The third kappa shape index (κ3) is 4.57. The van der Waals surface area contributed by atoms with E-state index in [-0.39, 0.29) is 23.7 Å². The average Bonchev–Trinajstić information content (AvgIpc) is 3.45. The average molecular weight is 362 g/mol. The summed E-state index contributed by atoms with van der Waals surface area (Å²) in [6.45, 7) is 3.76. The van der Waals surface area contributed by atoms with Crippen LogP contribution in [0.25, 0.3) is 0 Å². The van der Waals surface area contributed by atoms with Crippen molar-refractivity contribution < 1.29 is 18.8 Å². The monoisotopic (exact) mass is 362 g/mol. The van der Waals surface area contributed by atoms with Crippen LogP contribution in [0.5, 0.6) is 0 Å². The molecule has 1 atom stereocenters. The second-order valence-electron chi connectivity index (χ2n) is 6.75. The van der Waals surface area contributed by atoms with Crippen molar-refractivity contribution in [1.82, 2.24) is 20.4 Å². The Labute approximate surface area is 151 Å². The van der Waals surface area contributed by atoms with Crippen molar-refractivity contribution in [3.63, 3.8) is 0 Å². The molecule has 1 aromatic rings. The molecular formula is C18H23FN4O3. The van der Waals surface area contributed by atoms with Crippen molar-refractivity contribution in [3.8, 4) is 0 Å². The summed E-state index contributed by atoms with van der Waals surface area (Å²) in [5, 5.41) is 5.08. The number of carbonyl (C=O) groups is 3. The van der Waals surface area contributed by atoms with Crippen LogP contribution >= 0.6 is 0 Å². The molecule has 0 bridgehead atoms. The maximum absolute atomic E-state index is 13.0. The molecule has 26 heavy (non-hydrogen) atoms. The van der Waals surface area contributed by atoms with Gasteiger partial charge in [-0.25, -0.2) is 9.18 Å². The van der Waals surface area contributed by atoms with E-state index < -0.39 is 12.1 Å². The molecule has 0 spiro atoms. The van der Waals surface area contributed by atoms with Gasteiger partial charge in [-0.2, -0.15) is 0 Å². The van der Waals surface area contributed by atoms with E-state index in [1.807, 2.05) is 4.90 Å². The van der Waals surface area contributed by atoms with Gasteiger partial charge in [0.25, 0.3) is 5.91 Å². The molecule has 1 aliphatic carbocycles. The van der Waals surface area contributed by atoms with Crippen LogP contribution in [0.1, 0.15) is 30.1 Å². The van der Waals surface area contributed by atoms with Gasteiger partial charge in [0.15, 0.2) is 0 Å². The van der Waals surface area contributed by atoms with E-state index in [1.165, 1.54) is 24.3 Å². The van der Waals surface area contributed by atoms with Crippen molar-refractivity contribution in [2.45, 2.75) is 31.8 Å². The molecule has 1 aromatic carbocycles. The molecule has 1 heterocycles. The van der Waals surface area contributed by atoms with Crippen LogP contribution in [0.2, 0.25) is 0 Å². The van der Waals surface area contributed by atoms with Crippen molar-refractivity contribution >= 4 is 17.8 Å². The standard InChI is InChI=1S/C18H23FN4O3/c1-12(16(24)21-18(26)20-15-6-7-15)22-8-10-23(11-9-22)17(25)13-2-4-14(19)5-3-13/h2-5,12,15H,6-11H2,1H3,(H2,20,21,24,26). The van der Waals surface area contributed by atoms with E-state index in [1.54, 1.807) is 11.8 Å². The normalized spacial score (nSPS) is 18.9. The van der Waals surface area contributed by atoms with E-state index in [4.69, 9.17) is 0 Å². The molecule has 3 rings (SSSR count). The van der Waals surface area contributed by atoms with Gasteiger partial charge < -0.3 is 10.2 Å². The minimum atomic E-state index is -0.456. The highest BCUT2D eigenvalue weighted by atomic mass is 19.1. The zero-order valence-corrected chi connectivity index (χ0v) is 14.7. The van der Waals surface area contributed by atoms with Crippen LogP contribution in [0.15, 0.2) is 24.3 Å². The topological polar surface area (TPSA) is 81.8 Å². The molecule has 2 aliphatic rings. The smallest absolute Gasteiger partial charge is 0.321 e. The summed E-state index contributed by atoms with van der Waals surface area (Å²) in [7, 11) is 0. The lowest BCUT2D eigenvalue weighted by Gasteiger charge is -2.37. The van der Waals surface area contributed by atoms with Crippen LogP contribution in [0, 0.1) is 5.82 Å². The Bertz CT molecular complexity index is 682. The molecule has 1 saturated carbocycles. The lowest BCUT2D eigenvalue weighted by molar-refractivity contribution is -0.125. The fourth-order valence-corrected chi connectivity index (χ4v) is 2.92. The predicted octanol–water partition coefficient (Wildman–Crippen LogP) is 0.960. The zero-order chi connectivity index (χ0) is 18.7. The SMILES string of the molecule is CC(C(=O)NC(=O)NC1CC1)N1CCN(C(=O)c2ccc(F)cc2)CC1. The number of carbonyl (C=O) groups excluding carboxylic acids is 3. The molecule has 0 radical (unpaired) electrons. The van der Waals surface area contributed by atoms with E-state index in [9.17, 15) is 18.8 Å². The summed E-state index contributed by atoms with van der Waals surface area (Å²) < 4.78 is 13.0. The summed E-state index contributed by atoms with van der Waals surface area (Å²) in [6, 6.07) is 4.76. The summed E-state index contributed by atoms with van der Waals surface area (Å²) >= 11 is 0. The molecule has 1 unspecified atom stereocenters. The quantitative estimate of drug-likeness (QED) is 0.836. The molecule has 2 fully saturated rings. The van der Waals surface area contributed by atoms with Crippen molar-refractivity contribution in [3.05, 3.63) is 35.6 Å². The molecule has 1 aliphatic heterocycles. The van der Waals surface area contributed by atoms with Gasteiger partial charge in [0.05, 0.1) is 6.04 Å². The van der Waals surface area contributed by atoms with Crippen LogP contribution in [-0.4, -0.2) is 65.9 Å². The third-order valence-electron chi connectivity index (χ3n) is 4.77. The molecule has 8 heteroatoms. The van der Waals surface area contributed by atoms with Gasteiger partial charge in [0.2, 0.25) is 5.91 Å². The number of hydrogen-bond acceptors (Lipinski definition) is 4. The minimum Gasteiger partial charge on any atom is -0.336 e. The first kappa shape index (κ1) is 18.3. The van der Waals surface area contributed by atoms with E-state index in [0.717, 1.165) is 12.8 Å². The number of urea groups is 1. The number of imide groups is 1. The Morgan fingerprint density at radius 1 is 1.08 bits per heavy atom. The number of nitrogens with zero attached hydrogens (tertiary/aromatic N) is 2. The number of hydrogen-bond donors (Lipinski definition) is 2. The van der Waals surface area contributed by atoms with Crippen LogP contribution < -0.4 is 10.6 Å². The lowest BCUT2D eigenvalue weighted by Crippen LogP contribution is -2.56. The van der Waals surface area contributed by atoms with Gasteiger partial charge in [0.1, 0.15) is 5.82 Å². The molecule has 0 aromatic heterocycles. The minimum absolute atomic E-state index is 0.148. The molecule has 4 amide bonds. The van der Waals surface area contributed by atoms with Gasteiger partial charge in [-0.15, -0.1) is 0 Å². The van der Waals surface area contributed by atoms with Gasteiger partial charge in [-0.05, 0) is 44.0 Å². The highest BCUT2D eigenvalue weighted by Gasteiger charge is 2.30. The molecule has 2 N–H and O–H groups in total. The van der Waals surface area contributed by atoms with Gasteiger partial charge in [-0.1, -0.05) is 0 Å². The number of nitrogens with one attached hydrogen (secondary N) is 2. The largest absolute Gasteiger partial charge is 0.336 e. The van der Waals surface area contributed by atoms with Crippen molar-refractivity contribution in [2.75, 3.05) is 26.2 Å². The van der Waals surface area contributed by atoms with E-state index >= 15 is 0 Å². The Morgan fingerprint density at radius 2 is 1.69 bits per heavy atom. The van der Waals surface area contributed by atoms with Crippen LogP contribution in [-0.2, 0) is 4.79 Å². The number of rotatable bonds is 4. The highest BCUT2D eigenvalue weighted by molar-refractivity contribution is 5.97. The number of amides is 4. The lowest BCUT2D eigenvalue weighted by atomic mass is 10.1. The van der Waals surface area contributed by atoms with E-state index in [2.05, 4.69) is 10.6 Å². The van der Waals surface area contributed by atoms with Crippen molar-refractivity contribution in [2.24, 2.45) is 0 Å². The number of benzene rings is 1. The maximum Gasteiger partial charge on any atom is 0.321 e. The number of halogens is 1. The summed E-state index contributed by atoms with van der Waals surface area (Å²) in [6.07, 6.45) is 1.92. The first-order valence-corrected chi connectivity index (χ1v) is 8.84. The Hall–Kier alpha value is -2.48. The molecule has 7 nitrogen and oxygen atoms in total. The summed E-state index contributed by atoms with van der Waals surface area (Å²) in [5.41, 5.74) is 0.447. The van der Waals surface area contributed by atoms with Gasteiger partial charge in [0, 0.05) is 37.8 Å². The summed E-state index contributed by atoms with van der Waals surface area (Å²) in [5.74, 6) is -0.871. The first-order chi connectivity index (χ1) is 12.4. The fraction of sp³-hybridized carbons (Fsp3) is 0.500. The fourth-order valence-electron chi connectivity index (χ4n) is 2.92. The molecule has 1 saturated heterocycles. The summed E-state index contributed by atoms with van der Waals surface area (Å²) in [4.78, 5) is 39.9.